The van der Waals surface area contributed by atoms with Crippen LogP contribution < -0.4 is 0 Å². The third-order valence-corrected chi connectivity index (χ3v) is 7.62. The number of phenols is 2. The van der Waals surface area contributed by atoms with E-state index in [1.807, 2.05) is 31.2 Å². The lowest BCUT2D eigenvalue weighted by Gasteiger charge is -2.32. The highest BCUT2D eigenvalue weighted by Crippen LogP contribution is 2.41. The fraction of sp³-hybridized carbons (Fsp3) is 0.281. The quantitative estimate of drug-likeness (QED) is 0.308. The Kier molecular flexibility index (Phi) is 6.46. The molecule has 0 spiro atoms. The molecule has 0 amide bonds. The average molecular weight is 466 g/mol. The lowest BCUT2D eigenvalue weighted by atomic mass is 9.72. The average Bonchev–Trinajstić information content (AvgIpc) is 2.86. The van der Waals surface area contributed by atoms with E-state index in [0.29, 0.717) is 5.75 Å². The largest absolute Gasteiger partial charge is 0.508 e. The molecule has 4 aromatic rings. The van der Waals surface area contributed by atoms with Gasteiger partial charge in [0.1, 0.15) is 11.5 Å². The molecule has 0 fully saturated rings. The molecule has 0 saturated carbocycles. The molecule has 3 heteroatoms. The summed E-state index contributed by atoms with van der Waals surface area (Å²) in [6, 6.07) is 24.5. The number of phenolic OH excluding ortho intramolecular Hbond substituents is 2. The van der Waals surface area contributed by atoms with Crippen molar-refractivity contribution in [1.82, 2.24) is 4.98 Å². The van der Waals surface area contributed by atoms with Crippen molar-refractivity contribution in [3.8, 4) is 11.5 Å². The topological polar surface area (TPSA) is 53.4 Å². The zero-order valence-corrected chi connectivity index (χ0v) is 21.5. The number of aryl methyl sites for hydroxylation is 1. The smallest absolute Gasteiger partial charge is 0.122 e. The highest BCUT2D eigenvalue weighted by Gasteiger charge is 2.29. The van der Waals surface area contributed by atoms with Gasteiger partial charge in [0, 0.05) is 34.7 Å². The maximum Gasteiger partial charge on any atom is 0.122 e. The molecule has 3 nitrogen and oxygen atoms in total. The Morgan fingerprint density at radius 1 is 0.686 bits per heavy atom. The first-order valence-electron chi connectivity index (χ1n) is 12.2. The number of aromatic nitrogens is 1. The van der Waals surface area contributed by atoms with E-state index in [0.717, 1.165) is 22.3 Å². The maximum atomic E-state index is 11.0. The molecule has 1 heterocycles. The second-order valence-corrected chi connectivity index (χ2v) is 10.6. The van der Waals surface area contributed by atoms with Crippen molar-refractivity contribution in [2.45, 2.75) is 58.3 Å². The Morgan fingerprint density at radius 3 is 1.86 bits per heavy atom. The predicted octanol–water partition coefficient (Wildman–Crippen LogP) is 7.60. The van der Waals surface area contributed by atoms with E-state index in [-0.39, 0.29) is 22.5 Å². The molecule has 4 rings (SSSR count). The zero-order valence-electron chi connectivity index (χ0n) is 21.5. The Labute approximate surface area is 209 Å². The van der Waals surface area contributed by atoms with Gasteiger partial charge in [-0.3, -0.25) is 4.98 Å². The highest BCUT2D eigenvalue weighted by atomic mass is 16.3. The summed E-state index contributed by atoms with van der Waals surface area (Å²) in [4.78, 5) is 4.14. The van der Waals surface area contributed by atoms with Gasteiger partial charge in [-0.15, -0.1) is 0 Å². The highest BCUT2D eigenvalue weighted by molar-refractivity contribution is 5.52. The Hall–Kier alpha value is -3.59. The molecular weight excluding hydrogens is 430 g/mol. The minimum Gasteiger partial charge on any atom is -0.508 e. The zero-order chi connectivity index (χ0) is 25.4. The van der Waals surface area contributed by atoms with E-state index in [4.69, 9.17) is 0 Å². The van der Waals surface area contributed by atoms with Crippen LogP contribution in [0.2, 0.25) is 0 Å². The van der Waals surface area contributed by atoms with Crippen molar-refractivity contribution < 1.29 is 10.2 Å². The summed E-state index contributed by atoms with van der Waals surface area (Å²) in [6.45, 7) is 13.0. The van der Waals surface area contributed by atoms with Crippen LogP contribution in [-0.4, -0.2) is 15.2 Å². The lowest BCUT2D eigenvalue weighted by Crippen LogP contribution is -2.23. The van der Waals surface area contributed by atoms with Crippen LogP contribution in [-0.2, 0) is 10.8 Å². The van der Waals surface area contributed by atoms with Crippen molar-refractivity contribution in [3.63, 3.8) is 0 Å². The molecule has 1 atom stereocenters. The fourth-order valence-corrected chi connectivity index (χ4v) is 4.84. The van der Waals surface area contributed by atoms with Gasteiger partial charge in [0.05, 0.1) is 0 Å². The SMILES string of the molecule is Cc1cc(C(C)(C)c2cccc(C(C)(C)c3ccc(O)cc3)c2)cc(C(C)c2ccncc2)c1O. The fourth-order valence-electron chi connectivity index (χ4n) is 4.84. The lowest BCUT2D eigenvalue weighted by molar-refractivity contribution is 0.460. The molecule has 0 aliphatic heterocycles. The Balaban J connectivity index is 1.76. The van der Waals surface area contributed by atoms with Crippen LogP contribution in [0, 0.1) is 6.92 Å². The molecule has 0 bridgehead atoms. The number of rotatable bonds is 6. The number of pyridine rings is 1. The summed E-state index contributed by atoms with van der Waals surface area (Å²) >= 11 is 0. The van der Waals surface area contributed by atoms with Gasteiger partial charge in [0.2, 0.25) is 0 Å². The van der Waals surface area contributed by atoms with Crippen molar-refractivity contribution in [2.75, 3.05) is 0 Å². The van der Waals surface area contributed by atoms with E-state index < -0.39 is 0 Å². The molecule has 3 aromatic carbocycles. The number of nitrogens with zero attached hydrogens (tertiary/aromatic N) is 1. The summed E-state index contributed by atoms with van der Waals surface area (Å²) in [6.07, 6.45) is 3.59. The van der Waals surface area contributed by atoms with Gasteiger partial charge in [-0.05, 0) is 64.6 Å². The van der Waals surface area contributed by atoms with Gasteiger partial charge in [-0.1, -0.05) is 83.1 Å². The van der Waals surface area contributed by atoms with E-state index in [1.54, 1.807) is 24.5 Å². The molecule has 0 aliphatic rings. The summed E-state index contributed by atoms with van der Waals surface area (Å²) in [5.74, 6) is 0.683. The van der Waals surface area contributed by atoms with E-state index >= 15 is 0 Å². The Morgan fingerprint density at radius 2 is 1.26 bits per heavy atom. The summed E-state index contributed by atoms with van der Waals surface area (Å²) in [5.41, 5.74) is 7.21. The van der Waals surface area contributed by atoms with Gasteiger partial charge < -0.3 is 10.2 Å². The van der Waals surface area contributed by atoms with Crippen molar-refractivity contribution in [1.29, 1.82) is 0 Å². The second-order valence-electron chi connectivity index (χ2n) is 10.6. The van der Waals surface area contributed by atoms with Gasteiger partial charge in [0.25, 0.3) is 0 Å². The van der Waals surface area contributed by atoms with Crippen LogP contribution in [0.3, 0.4) is 0 Å². The first-order valence-corrected chi connectivity index (χ1v) is 12.2. The second kappa shape index (κ2) is 9.22. The first kappa shape index (κ1) is 24.5. The first-order chi connectivity index (χ1) is 16.5. The van der Waals surface area contributed by atoms with E-state index in [2.05, 4.69) is 76.0 Å². The van der Waals surface area contributed by atoms with Gasteiger partial charge in [-0.25, -0.2) is 0 Å². The van der Waals surface area contributed by atoms with Crippen molar-refractivity contribution in [3.05, 3.63) is 124 Å². The summed E-state index contributed by atoms with van der Waals surface area (Å²) in [5, 5.41) is 20.7. The van der Waals surface area contributed by atoms with Gasteiger partial charge in [0.15, 0.2) is 0 Å². The molecule has 0 saturated heterocycles. The number of aromatic hydroxyl groups is 2. The molecule has 2 N–H and O–H groups in total. The molecule has 1 aromatic heterocycles. The molecule has 0 aliphatic carbocycles. The number of hydrogen-bond donors (Lipinski definition) is 2. The monoisotopic (exact) mass is 465 g/mol. The summed E-state index contributed by atoms with van der Waals surface area (Å²) < 4.78 is 0. The van der Waals surface area contributed by atoms with Crippen molar-refractivity contribution >= 4 is 0 Å². The molecule has 0 radical (unpaired) electrons. The minimum atomic E-state index is -0.272. The normalized spacial score (nSPS) is 13.0. The third kappa shape index (κ3) is 4.68. The van der Waals surface area contributed by atoms with Crippen LogP contribution >= 0.6 is 0 Å². The number of hydrogen-bond acceptors (Lipinski definition) is 3. The van der Waals surface area contributed by atoms with E-state index in [9.17, 15) is 10.2 Å². The van der Waals surface area contributed by atoms with Crippen molar-refractivity contribution in [2.24, 2.45) is 0 Å². The van der Waals surface area contributed by atoms with Crippen LogP contribution in [0.1, 0.15) is 79.5 Å². The molecule has 35 heavy (non-hydrogen) atoms. The predicted molar refractivity (Wildman–Crippen MR) is 143 cm³/mol. The molecular formula is C32H35NO2. The molecule has 1 unspecified atom stereocenters. The van der Waals surface area contributed by atoms with Gasteiger partial charge >= 0.3 is 0 Å². The Bertz CT molecular complexity index is 1320. The summed E-state index contributed by atoms with van der Waals surface area (Å²) in [7, 11) is 0. The van der Waals surface area contributed by atoms with E-state index in [1.165, 1.54) is 16.7 Å². The number of benzene rings is 3. The van der Waals surface area contributed by atoms with Crippen LogP contribution in [0.4, 0.5) is 0 Å². The van der Waals surface area contributed by atoms with Crippen LogP contribution in [0.5, 0.6) is 11.5 Å². The standard InChI is InChI=1S/C32H35NO2/c1-21-18-27(20-29(30(21)35)22(2)23-14-16-33-17-15-23)32(5,6)26-9-7-8-25(19-26)31(3,4)24-10-12-28(34)13-11-24/h7-20,22,34-35H,1-6H3. The maximum absolute atomic E-state index is 11.0. The molecule has 180 valence electrons. The minimum absolute atomic E-state index is 0.0483. The van der Waals surface area contributed by atoms with Gasteiger partial charge in [-0.2, -0.15) is 0 Å². The van der Waals surface area contributed by atoms with Crippen LogP contribution in [0.15, 0.2) is 85.2 Å². The van der Waals surface area contributed by atoms with Crippen LogP contribution in [0.25, 0.3) is 0 Å². The third-order valence-electron chi connectivity index (χ3n) is 7.62.